The van der Waals surface area contributed by atoms with Gasteiger partial charge in [0.05, 0.1) is 0 Å². The van der Waals surface area contributed by atoms with Crippen molar-refractivity contribution in [2.45, 2.75) is 37.6 Å². The van der Waals surface area contributed by atoms with Crippen LogP contribution in [0.1, 0.15) is 26.7 Å². The number of nitrogen functional groups attached to an aromatic ring is 1. The summed E-state index contributed by atoms with van der Waals surface area (Å²) in [5.41, 5.74) is 5.32. The quantitative estimate of drug-likeness (QED) is 0.853. The monoisotopic (exact) mass is 304 g/mol. The van der Waals surface area contributed by atoms with E-state index >= 15 is 0 Å². The van der Waals surface area contributed by atoms with Crippen molar-refractivity contribution in [2.75, 3.05) is 12.3 Å². The van der Waals surface area contributed by atoms with Crippen LogP contribution in [0.25, 0.3) is 0 Å². The first kappa shape index (κ1) is 15.2. The topological polar surface area (TPSA) is 63.4 Å². The van der Waals surface area contributed by atoms with Crippen LogP contribution in [0.4, 0.5) is 14.5 Å². The second-order valence-corrected chi connectivity index (χ2v) is 7.15. The van der Waals surface area contributed by atoms with Crippen molar-refractivity contribution in [1.82, 2.24) is 4.31 Å². The van der Waals surface area contributed by atoms with E-state index in [-0.39, 0.29) is 17.6 Å². The first-order valence-corrected chi connectivity index (χ1v) is 7.95. The molecule has 0 radical (unpaired) electrons. The predicted octanol–water partition coefficient (Wildman–Crippen LogP) is 2.36. The maximum absolute atomic E-state index is 13.8. The van der Waals surface area contributed by atoms with Crippen molar-refractivity contribution < 1.29 is 17.2 Å². The Morgan fingerprint density at radius 1 is 1.30 bits per heavy atom. The fourth-order valence-corrected chi connectivity index (χ4v) is 4.41. The van der Waals surface area contributed by atoms with E-state index in [1.807, 2.05) is 6.92 Å². The van der Waals surface area contributed by atoms with Crippen LogP contribution in [-0.4, -0.2) is 25.3 Å². The standard InChI is InChI=1S/C13H18F2N2O2S/c1-8-4-3-5-17(9(8)2)20(18,19)12-7-10(16)6-11(14)13(12)15/h6-9H,3-5,16H2,1-2H3. The third-order valence-corrected chi connectivity index (χ3v) is 5.90. The molecule has 1 saturated heterocycles. The fraction of sp³-hybridized carbons (Fsp3) is 0.538. The van der Waals surface area contributed by atoms with Gasteiger partial charge in [0, 0.05) is 18.3 Å². The van der Waals surface area contributed by atoms with Crippen molar-refractivity contribution in [1.29, 1.82) is 0 Å². The minimum absolute atomic E-state index is 0.111. The van der Waals surface area contributed by atoms with Crippen LogP contribution in [0.5, 0.6) is 0 Å². The lowest BCUT2D eigenvalue weighted by Gasteiger charge is -2.36. The molecular formula is C13H18F2N2O2S. The van der Waals surface area contributed by atoms with E-state index in [2.05, 4.69) is 0 Å². The Bertz CT molecular complexity index is 619. The zero-order valence-electron chi connectivity index (χ0n) is 11.4. The summed E-state index contributed by atoms with van der Waals surface area (Å²) in [5.74, 6) is -2.45. The Hall–Kier alpha value is -1.21. The molecule has 112 valence electrons. The maximum Gasteiger partial charge on any atom is 0.246 e. The Morgan fingerprint density at radius 3 is 2.60 bits per heavy atom. The molecule has 0 bridgehead atoms. The molecule has 1 aromatic rings. The SMILES string of the molecule is CC1CCCN(S(=O)(=O)c2cc(N)cc(F)c2F)C1C. The molecule has 1 fully saturated rings. The Kier molecular flexibility index (Phi) is 4.02. The zero-order chi connectivity index (χ0) is 15.1. The van der Waals surface area contributed by atoms with Gasteiger partial charge in [0.1, 0.15) is 4.90 Å². The average molecular weight is 304 g/mol. The van der Waals surface area contributed by atoms with Gasteiger partial charge in [-0.1, -0.05) is 6.92 Å². The molecule has 2 unspecified atom stereocenters. The van der Waals surface area contributed by atoms with Gasteiger partial charge in [-0.15, -0.1) is 0 Å². The highest BCUT2D eigenvalue weighted by Crippen LogP contribution is 2.31. The largest absolute Gasteiger partial charge is 0.399 e. The molecular weight excluding hydrogens is 286 g/mol. The number of anilines is 1. The number of hydrogen-bond donors (Lipinski definition) is 1. The second-order valence-electron chi connectivity index (χ2n) is 5.29. The third kappa shape index (κ3) is 2.52. The minimum atomic E-state index is -4.08. The van der Waals surface area contributed by atoms with E-state index in [4.69, 9.17) is 5.73 Å². The molecule has 0 spiro atoms. The Labute approximate surface area is 117 Å². The van der Waals surface area contributed by atoms with Gasteiger partial charge in [-0.2, -0.15) is 4.31 Å². The Morgan fingerprint density at radius 2 is 1.95 bits per heavy atom. The molecule has 2 N–H and O–H groups in total. The summed E-state index contributed by atoms with van der Waals surface area (Å²) in [6.07, 6.45) is 1.62. The van der Waals surface area contributed by atoms with E-state index in [1.54, 1.807) is 6.92 Å². The first-order chi connectivity index (χ1) is 9.25. The lowest BCUT2D eigenvalue weighted by molar-refractivity contribution is 0.201. The van der Waals surface area contributed by atoms with Crippen LogP contribution in [-0.2, 0) is 10.0 Å². The van der Waals surface area contributed by atoms with Crippen LogP contribution >= 0.6 is 0 Å². The molecule has 4 nitrogen and oxygen atoms in total. The molecule has 20 heavy (non-hydrogen) atoms. The summed E-state index contributed by atoms with van der Waals surface area (Å²) < 4.78 is 53.5. The maximum atomic E-state index is 13.8. The molecule has 1 aliphatic heterocycles. The Balaban J connectivity index is 2.50. The highest BCUT2D eigenvalue weighted by atomic mass is 32.2. The van der Waals surface area contributed by atoms with Crippen molar-refractivity contribution >= 4 is 15.7 Å². The van der Waals surface area contributed by atoms with Crippen LogP contribution < -0.4 is 5.73 Å². The number of piperidine rings is 1. The smallest absolute Gasteiger partial charge is 0.246 e. The molecule has 0 aliphatic carbocycles. The van der Waals surface area contributed by atoms with E-state index in [9.17, 15) is 17.2 Å². The van der Waals surface area contributed by atoms with Crippen LogP contribution in [0, 0.1) is 17.6 Å². The third-order valence-electron chi connectivity index (χ3n) is 3.92. The van der Waals surface area contributed by atoms with Crippen molar-refractivity contribution in [3.63, 3.8) is 0 Å². The minimum Gasteiger partial charge on any atom is -0.399 e. The van der Waals surface area contributed by atoms with E-state index < -0.39 is 26.6 Å². The highest BCUT2D eigenvalue weighted by molar-refractivity contribution is 7.89. The number of rotatable bonds is 2. The van der Waals surface area contributed by atoms with E-state index in [0.717, 1.165) is 18.6 Å². The van der Waals surface area contributed by atoms with E-state index in [0.29, 0.717) is 13.0 Å². The number of hydrogen-bond acceptors (Lipinski definition) is 3. The van der Waals surface area contributed by atoms with Gasteiger partial charge in [-0.05, 0) is 37.8 Å². The predicted molar refractivity (Wildman–Crippen MR) is 72.5 cm³/mol. The molecule has 1 aliphatic rings. The molecule has 2 atom stereocenters. The highest BCUT2D eigenvalue weighted by Gasteiger charge is 2.36. The van der Waals surface area contributed by atoms with Gasteiger partial charge in [-0.25, -0.2) is 17.2 Å². The van der Waals surface area contributed by atoms with Crippen LogP contribution in [0.2, 0.25) is 0 Å². The van der Waals surface area contributed by atoms with Crippen LogP contribution in [0.3, 0.4) is 0 Å². The molecule has 2 rings (SSSR count). The summed E-state index contributed by atoms with van der Waals surface area (Å²) in [6.45, 7) is 4.04. The molecule has 0 amide bonds. The lowest BCUT2D eigenvalue weighted by atomic mass is 9.94. The number of nitrogens with two attached hydrogens (primary N) is 1. The number of halogens is 2. The molecule has 1 heterocycles. The van der Waals surface area contributed by atoms with Gasteiger partial charge in [0.25, 0.3) is 0 Å². The molecule has 7 heteroatoms. The molecule has 0 saturated carbocycles. The summed E-state index contributed by atoms with van der Waals surface area (Å²) in [6, 6.07) is 1.49. The summed E-state index contributed by atoms with van der Waals surface area (Å²) in [4.78, 5) is -0.684. The number of nitrogens with zero attached hydrogens (tertiary/aromatic N) is 1. The normalized spacial score (nSPS) is 24.8. The van der Waals surface area contributed by atoms with Gasteiger partial charge in [0.2, 0.25) is 10.0 Å². The first-order valence-electron chi connectivity index (χ1n) is 6.51. The van der Waals surface area contributed by atoms with Gasteiger partial charge < -0.3 is 5.73 Å². The van der Waals surface area contributed by atoms with Gasteiger partial charge in [-0.3, -0.25) is 0 Å². The lowest BCUT2D eigenvalue weighted by Crippen LogP contribution is -2.46. The van der Waals surface area contributed by atoms with Crippen molar-refractivity contribution in [3.8, 4) is 0 Å². The summed E-state index contributed by atoms with van der Waals surface area (Å²) in [5, 5.41) is 0. The fourth-order valence-electron chi connectivity index (χ4n) is 2.53. The van der Waals surface area contributed by atoms with Crippen molar-refractivity contribution in [2.24, 2.45) is 5.92 Å². The van der Waals surface area contributed by atoms with Crippen molar-refractivity contribution in [3.05, 3.63) is 23.8 Å². The molecule has 1 aromatic carbocycles. The summed E-state index contributed by atoms with van der Waals surface area (Å²) >= 11 is 0. The summed E-state index contributed by atoms with van der Waals surface area (Å²) in [7, 11) is -4.08. The van der Waals surface area contributed by atoms with E-state index in [1.165, 1.54) is 4.31 Å². The number of sulfonamides is 1. The van der Waals surface area contributed by atoms with Gasteiger partial charge >= 0.3 is 0 Å². The van der Waals surface area contributed by atoms with Gasteiger partial charge in [0.15, 0.2) is 11.6 Å². The van der Waals surface area contributed by atoms with Crippen LogP contribution in [0.15, 0.2) is 17.0 Å². The second kappa shape index (κ2) is 5.29. The number of benzene rings is 1. The average Bonchev–Trinajstić information content (AvgIpc) is 2.36. The molecule has 0 aromatic heterocycles. The zero-order valence-corrected chi connectivity index (χ0v) is 12.3.